The first-order valence-corrected chi connectivity index (χ1v) is 20.9. The van der Waals surface area contributed by atoms with E-state index in [-0.39, 0.29) is 31.1 Å². The van der Waals surface area contributed by atoms with E-state index >= 15 is 0 Å². The van der Waals surface area contributed by atoms with Crippen molar-refractivity contribution in [3.05, 3.63) is 91.9 Å². The second-order valence-electron chi connectivity index (χ2n) is 17.0. The van der Waals surface area contributed by atoms with E-state index in [1.54, 1.807) is 48.5 Å². The summed E-state index contributed by atoms with van der Waals surface area (Å²) in [5.74, 6) is 0.163. The molecule has 50 heavy (non-hydrogen) atoms. The molecule has 4 rings (SSSR count). The first-order valence-electron chi connectivity index (χ1n) is 16.3. The maximum atomic E-state index is 14.4. The van der Waals surface area contributed by atoms with Gasteiger partial charge in [0, 0.05) is 31.2 Å². The average Bonchev–Trinajstić information content (AvgIpc) is 2.95. The predicted octanol–water partition coefficient (Wildman–Crippen LogP) is 11.1. The maximum absolute atomic E-state index is 14.4. The van der Waals surface area contributed by atoms with Crippen molar-refractivity contribution in [2.24, 2.45) is 0 Å². The Balaban J connectivity index is 1.93. The fourth-order valence-electron chi connectivity index (χ4n) is 5.84. The minimum atomic E-state index is -4.12. The summed E-state index contributed by atoms with van der Waals surface area (Å²) in [4.78, 5) is 0.129. The van der Waals surface area contributed by atoms with Crippen LogP contribution in [0, 0.1) is 0 Å². The first-order chi connectivity index (χ1) is 22.5. The van der Waals surface area contributed by atoms with E-state index in [0.29, 0.717) is 42.3 Å². The molecule has 0 spiro atoms. The second-order valence-corrected chi connectivity index (χ2v) is 22.6. The molecule has 0 saturated heterocycles. The molecule has 0 aliphatic carbocycles. The van der Waals surface area contributed by atoms with Crippen LogP contribution in [0.5, 0.6) is 11.5 Å². The third-order valence-corrected chi connectivity index (χ3v) is 14.2. The average molecular weight is 849 g/mol. The van der Waals surface area contributed by atoms with Crippen molar-refractivity contribution in [1.29, 1.82) is 0 Å². The zero-order valence-corrected chi connectivity index (χ0v) is 35.7. The Kier molecular flexibility index (Phi) is 10.5. The van der Waals surface area contributed by atoms with Crippen molar-refractivity contribution in [2.75, 3.05) is 0 Å². The normalized spacial score (nSPS) is 13.5. The smallest absolute Gasteiger partial charge is 0.207 e. The van der Waals surface area contributed by atoms with E-state index in [1.165, 1.54) is 12.1 Å². The molecule has 0 fully saturated rings. The molecule has 270 valence electrons. The third-order valence-electron chi connectivity index (χ3n) is 8.79. The molecule has 0 aromatic heterocycles. The lowest BCUT2D eigenvalue weighted by molar-refractivity contribution is 0.420. The zero-order valence-electron chi connectivity index (χ0n) is 30.9. The van der Waals surface area contributed by atoms with Crippen molar-refractivity contribution in [3.8, 4) is 22.6 Å². The maximum Gasteiger partial charge on any atom is 0.207 e. The van der Waals surface area contributed by atoms with Gasteiger partial charge < -0.3 is 10.2 Å². The molecule has 4 aromatic carbocycles. The molecular weight excluding hydrogens is 800 g/mol. The standard InChI is InChI=1S/C40H48Br2O6S2/c1-37(2,3)27-19-25(20-28(35(27)43)38(4,5)6)49(45,46)33-17-23(13-15-31(33)41)24-14-16-32(42)34(18-24)50(47,48)26-21-29(39(7,8)9)36(44)30(22-26)40(10,11)12/h13-22,43-44H,1-12H3. The van der Waals surface area contributed by atoms with Gasteiger partial charge in [0.25, 0.3) is 0 Å². The topological polar surface area (TPSA) is 109 Å². The molecular formula is C40H48Br2O6S2. The fourth-order valence-corrected chi connectivity index (χ4v) is 10.4. The first kappa shape index (κ1) is 40.1. The zero-order chi connectivity index (χ0) is 38.2. The Morgan fingerprint density at radius 1 is 0.440 bits per heavy atom. The summed E-state index contributed by atoms with van der Waals surface area (Å²) in [5.41, 5.74) is 0.957. The van der Waals surface area contributed by atoms with Crippen LogP contribution in [0.2, 0.25) is 0 Å². The Labute approximate surface area is 315 Å². The highest BCUT2D eigenvalue weighted by Gasteiger charge is 2.33. The molecule has 4 aromatic rings. The molecule has 0 radical (unpaired) electrons. The van der Waals surface area contributed by atoms with Crippen LogP contribution in [0.15, 0.2) is 89.2 Å². The van der Waals surface area contributed by atoms with Gasteiger partial charge >= 0.3 is 0 Å². The highest BCUT2D eigenvalue weighted by Crippen LogP contribution is 2.45. The van der Waals surface area contributed by atoms with Crippen molar-refractivity contribution in [2.45, 2.75) is 124 Å². The van der Waals surface area contributed by atoms with Gasteiger partial charge in [0.15, 0.2) is 0 Å². The van der Waals surface area contributed by atoms with Crippen molar-refractivity contribution in [3.63, 3.8) is 0 Å². The Morgan fingerprint density at radius 3 is 0.900 bits per heavy atom. The van der Waals surface area contributed by atoms with Gasteiger partial charge in [-0.05, 0) is 113 Å². The lowest BCUT2D eigenvalue weighted by Crippen LogP contribution is -2.19. The molecule has 0 bridgehead atoms. The van der Waals surface area contributed by atoms with Crippen LogP contribution in [-0.4, -0.2) is 27.0 Å². The monoisotopic (exact) mass is 846 g/mol. The number of hydrogen-bond donors (Lipinski definition) is 2. The van der Waals surface area contributed by atoms with Crippen LogP contribution in [0.1, 0.15) is 105 Å². The van der Waals surface area contributed by atoms with Crippen LogP contribution in [0.3, 0.4) is 0 Å². The van der Waals surface area contributed by atoms with Gasteiger partial charge in [0.05, 0.1) is 19.6 Å². The van der Waals surface area contributed by atoms with Crippen molar-refractivity contribution >= 4 is 51.5 Å². The number of phenols is 2. The van der Waals surface area contributed by atoms with E-state index in [1.807, 2.05) is 83.1 Å². The summed E-state index contributed by atoms with van der Waals surface area (Å²) < 4.78 is 58.3. The number of halogens is 2. The molecule has 0 heterocycles. The summed E-state index contributed by atoms with van der Waals surface area (Å²) in [7, 11) is -8.25. The number of aromatic hydroxyl groups is 2. The SMILES string of the molecule is CC(C)(C)c1cc(S(=O)(=O)c2cc(-c3ccc(Br)c(S(=O)(=O)c4cc(C(C)(C)C)c(O)c(C(C)(C)C)c4)c3)ccc2Br)cc(C(C)(C)C)c1O. The number of sulfone groups is 2. The van der Waals surface area contributed by atoms with Gasteiger partial charge in [-0.3, -0.25) is 0 Å². The summed E-state index contributed by atoms with van der Waals surface area (Å²) in [5, 5.41) is 22.4. The lowest BCUT2D eigenvalue weighted by atomic mass is 9.79. The van der Waals surface area contributed by atoms with E-state index in [2.05, 4.69) is 31.9 Å². The van der Waals surface area contributed by atoms with Gasteiger partial charge in [-0.25, -0.2) is 16.8 Å². The number of benzene rings is 4. The molecule has 6 nitrogen and oxygen atoms in total. The molecule has 0 saturated carbocycles. The molecule has 2 N–H and O–H groups in total. The van der Waals surface area contributed by atoms with Gasteiger partial charge in [-0.15, -0.1) is 0 Å². The second kappa shape index (κ2) is 13.1. The Bertz CT molecular complexity index is 1980. The van der Waals surface area contributed by atoms with E-state index in [4.69, 9.17) is 0 Å². The largest absolute Gasteiger partial charge is 0.507 e. The van der Waals surface area contributed by atoms with E-state index in [0.717, 1.165) is 0 Å². The quantitative estimate of drug-likeness (QED) is 0.207. The highest BCUT2D eigenvalue weighted by atomic mass is 79.9. The number of hydrogen-bond acceptors (Lipinski definition) is 6. The van der Waals surface area contributed by atoms with Crippen LogP contribution < -0.4 is 0 Å². The molecule has 0 unspecified atom stereocenters. The minimum Gasteiger partial charge on any atom is -0.507 e. The molecule has 0 aliphatic heterocycles. The van der Waals surface area contributed by atoms with Crippen molar-refractivity contribution in [1.82, 2.24) is 0 Å². The lowest BCUT2D eigenvalue weighted by Gasteiger charge is -2.28. The molecule has 10 heteroatoms. The molecule has 0 aliphatic rings. The van der Waals surface area contributed by atoms with E-state index in [9.17, 15) is 27.0 Å². The number of phenolic OH excluding ortho intramolecular Hbond substituents is 2. The van der Waals surface area contributed by atoms with Crippen molar-refractivity contribution < 1.29 is 27.0 Å². The van der Waals surface area contributed by atoms with Gasteiger partial charge in [0.2, 0.25) is 19.7 Å². The van der Waals surface area contributed by atoms with E-state index < -0.39 is 41.3 Å². The van der Waals surface area contributed by atoms with Gasteiger partial charge in [-0.1, -0.05) is 95.2 Å². The number of rotatable bonds is 5. The summed E-state index contributed by atoms with van der Waals surface area (Å²) >= 11 is 6.91. The van der Waals surface area contributed by atoms with Crippen LogP contribution in [0.4, 0.5) is 0 Å². The van der Waals surface area contributed by atoms with Crippen LogP contribution >= 0.6 is 31.9 Å². The highest BCUT2D eigenvalue weighted by molar-refractivity contribution is 9.10. The molecule has 0 amide bonds. The van der Waals surface area contributed by atoms with Gasteiger partial charge in [-0.2, -0.15) is 0 Å². The summed E-state index contributed by atoms with van der Waals surface area (Å²) in [6.07, 6.45) is 0. The van der Waals surface area contributed by atoms with Crippen LogP contribution in [0.25, 0.3) is 11.1 Å². The minimum absolute atomic E-state index is 0.0101. The van der Waals surface area contributed by atoms with Crippen LogP contribution in [-0.2, 0) is 41.3 Å². The van der Waals surface area contributed by atoms with Gasteiger partial charge in [0.1, 0.15) is 11.5 Å². The molecule has 0 atom stereocenters. The third kappa shape index (κ3) is 7.74. The fraction of sp³-hybridized carbons (Fsp3) is 0.400. The Hall–Kier alpha value is -2.66. The predicted molar refractivity (Wildman–Crippen MR) is 209 cm³/mol. The summed E-state index contributed by atoms with van der Waals surface area (Å²) in [6, 6.07) is 16.0. The summed E-state index contributed by atoms with van der Waals surface area (Å²) in [6.45, 7) is 23.1. The Morgan fingerprint density at radius 2 is 0.680 bits per heavy atom.